The molecule has 2 N–H and O–H groups in total. The van der Waals surface area contributed by atoms with E-state index in [1.165, 1.54) is 30.4 Å². The van der Waals surface area contributed by atoms with E-state index in [9.17, 15) is 5.11 Å². The maximum atomic E-state index is 9.65. The lowest BCUT2D eigenvalue weighted by molar-refractivity contribution is -0.134. The fourth-order valence-corrected chi connectivity index (χ4v) is 2.56. The predicted octanol–water partition coefficient (Wildman–Crippen LogP) is 3.15. The van der Waals surface area contributed by atoms with Gasteiger partial charge in [0.1, 0.15) is 5.75 Å². The summed E-state index contributed by atoms with van der Waals surface area (Å²) in [6, 6.07) is 5.87. The predicted molar refractivity (Wildman–Crippen MR) is 66.0 cm³/mol. The molecular weight excluding hydrogens is 216 g/mol. The monoisotopic (exact) mass is 232 g/mol. The van der Waals surface area contributed by atoms with Crippen molar-refractivity contribution in [3.63, 3.8) is 0 Å². The highest BCUT2D eigenvalue weighted by Gasteiger charge is 2.34. The van der Waals surface area contributed by atoms with Crippen LogP contribution in [-0.2, 0) is 4.79 Å². The van der Waals surface area contributed by atoms with E-state index in [0.717, 1.165) is 12.5 Å². The minimum absolute atomic E-state index is 0.460. The molecule has 2 aliphatic rings. The van der Waals surface area contributed by atoms with Gasteiger partial charge in [-0.2, -0.15) is 0 Å². The molecule has 90 valence electrons. The highest BCUT2D eigenvalue weighted by molar-refractivity contribution is 5.87. The number of hydrogen-bond acceptors (Lipinski definition) is 2. The van der Waals surface area contributed by atoms with Crippen molar-refractivity contribution in [2.45, 2.75) is 32.1 Å². The second kappa shape index (κ2) is 4.62. The molecule has 1 aromatic carbocycles. The Labute approximate surface area is 100 Å². The number of carboxylic acid groups (broad SMARTS) is 1. The van der Waals surface area contributed by atoms with Crippen LogP contribution in [0.2, 0.25) is 0 Å². The summed E-state index contributed by atoms with van der Waals surface area (Å²) in [5.74, 6) is 0.262. The molecule has 3 nitrogen and oxygen atoms in total. The van der Waals surface area contributed by atoms with Gasteiger partial charge in [-0.15, -0.1) is 0 Å². The molecular formula is C14H16O3. The number of benzene rings is 1. The number of hydrogen-bond donors (Lipinski definition) is 2. The number of phenolic OH excluding ortho intramolecular Hbond substituents is 1. The Balaban J connectivity index is 0.000000239. The molecule has 1 atom stereocenters. The molecule has 0 amide bonds. The van der Waals surface area contributed by atoms with Gasteiger partial charge in [0.2, 0.25) is 0 Å². The first-order chi connectivity index (χ1) is 8.11. The van der Waals surface area contributed by atoms with E-state index in [0.29, 0.717) is 11.7 Å². The topological polar surface area (TPSA) is 57.5 Å². The third kappa shape index (κ3) is 2.18. The lowest BCUT2D eigenvalue weighted by atomic mass is 9.67. The zero-order valence-corrected chi connectivity index (χ0v) is 9.81. The number of carbonyl (C=O) groups is 1. The third-order valence-electron chi connectivity index (χ3n) is 3.18. The fourth-order valence-electron chi connectivity index (χ4n) is 2.56. The SMILES string of the molecule is CC(=O)O.Oc1cccc2c1C1=CCCCC12. The highest BCUT2D eigenvalue weighted by Crippen LogP contribution is 2.54. The lowest BCUT2D eigenvalue weighted by Crippen LogP contribution is -2.18. The third-order valence-corrected chi connectivity index (χ3v) is 3.18. The van der Waals surface area contributed by atoms with Crippen LogP contribution in [0.3, 0.4) is 0 Å². The Morgan fingerprint density at radius 3 is 2.82 bits per heavy atom. The molecule has 0 saturated carbocycles. The van der Waals surface area contributed by atoms with Crippen molar-refractivity contribution in [2.24, 2.45) is 0 Å². The van der Waals surface area contributed by atoms with Crippen LogP contribution < -0.4 is 0 Å². The Morgan fingerprint density at radius 2 is 2.12 bits per heavy atom. The van der Waals surface area contributed by atoms with E-state index >= 15 is 0 Å². The lowest BCUT2D eigenvalue weighted by Gasteiger charge is -2.36. The van der Waals surface area contributed by atoms with Crippen molar-refractivity contribution in [2.75, 3.05) is 0 Å². The largest absolute Gasteiger partial charge is 0.507 e. The summed E-state index contributed by atoms with van der Waals surface area (Å²) < 4.78 is 0. The van der Waals surface area contributed by atoms with E-state index in [1.807, 2.05) is 6.07 Å². The van der Waals surface area contributed by atoms with Crippen LogP contribution in [0.4, 0.5) is 0 Å². The Morgan fingerprint density at radius 1 is 1.41 bits per heavy atom. The number of aromatic hydroxyl groups is 1. The van der Waals surface area contributed by atoms with Gasteiger partial charge in [0.25, 0.3) is 5.97 Å². The summed E-state index contributed by atoms with van der Waals surface area (Å²) in [7, 11) is 0. The average Bonchev–Trinajstić information content (AvgIpc) is 2.24. The summed E-state index contributed by atoms with van der Waals surface area (Å²) >= 11 is 0. The molecule has 0 fully saturated rings. The molecule has 0 spiro atoms. The summed E-state index contributed by atoms with van der Waals surface area (Å²) in [5, 5.41) is 17.1. The zero-order valence-electron chi connectivity index (χ0n) is 9.81. The minimum atomic E-state index is -0.833. The van der Waals surface area contributed by atoms with Gasteiger partial charge in [-0.3, -0.25) is 4.79 Å². The molecule has 0 aromatic heterocycles. The zero-order chi connectivity index (χ0) is 12.4. The van der Waals surface area contributed by atoms with Crippen molar-refractivity contribution >= 4 is 11.5 Å². The smallest absolute Gasteiger partial charge is 0.300 e. The van der Waals surface area contributed by atoms with Gasteiger partial charge in [0.05, 0.1) is 0 Å². The van der Waals surface area contributed by atoms with Crippen LogP contribution in [0.25, 0.3) is 5.57 Å². The molecule has 17 heavy (non-hydrogen) atoms. The van der Waals surface area contributed by atoms with Crippen molar-refractivity contribution in [3.8, 4) is 5.75 Å². The Bertz CT molecular complexity index is 470. The van der Waals surface area contributed by atoms with E-state index < -0.39 is 5.97 Å². The van der Waals surface area contributed by atoms with Crippen LogP contribution >= 0.6 is 0 Å². The molecule has 3 heteroatoms. The van der Waals surface area contributed by atoms with Gasteiger partial charge in [-0.1, -0.05) is 18.2 Å². The van der Waals surface area contributed by atoms with Crippen LogP contribution in [0.5, 0.6) is 5.75 Å². The quantitative estimate of drug-likeness (QED) is 0.722. The number of phenols is 1. The summed E-state index contributed by atoms with van der Waals surface area (Å²) in [6.07, 6.45) is 6.03. The van der Waals surface area contributed by atoms with Crippen molar-refractivity contribution in [1.29, 1.82) is 0 Å². The van der Waals surface area contributed by atoms with Gasteiger partial charge in [-0.05, 0) is 36.5 Å². The normalized spacial score (nSPS) is 19.8. The van der Waals surface area contributed by atoms with Gasteiger partial charge in [-0.25, -0.2) is 0 Å². The molecule has 0 bridgehead atoms. The summed E-state index contributed by atoms with van der Waals surface area (Å²) in [4.78, 5) is 9.00. The number of fused-ring (bicyclic) bond motifs is 4. The Hall–Kier alpha value is -1.77. The fraction of sp³-hybridized carbons (Fsp3) is 0.357. The van der Waals surface area contributed by atoms with Gasteiger partial charge in [0.15, 0.2) is 0 Å². The summed E-state index contributed by atoms with van der Waals surface area (Å²) in [5.41, 5.74) is 3.86. The van der Waals surface area contributed by atoms with E-state index in [1.54, 1.807) is 6.07 Å². The molecule has 2 aliphatic carbocycles. The molecule has 0 radical (unpaired) electrons. The number of rotatable bonds is 0. The van der Waals surface area contributed by atoms with Crippen molar-refractivity contribution in [3.05, 3.63) is 35.4 Å². The highest BCUT2D eigenvalue weighted by atomic mass is 16.4. The first kappa shape index (κ1) is 11.7. The van der Waals surface area contributed by atoms with Crippen molar-refractivity contribution < 1.29 is 15.0 Å². The first-order valence-electron chi connectivity index (χ1n) is 5.83. The van der Waals surface area contributed by atoms with E-state index in [2.05, 4.69) is 12.1 Å². The number of allylic oxidation sites excluding steroid dienone is 2. The maximum Gasteiger partial charge on any atom is 0.300 e. The van der Waals surface area contributed by atoms with Crippen LogP contribution in [0, 0.1) is 0 Å². The Kier molecular flexibility index (Phi) is 3.18. The molecule has 1 aromatic rings. The standard InChI is InChI=1S/C12H12O.C2H4O2/c13-11-7-3-6-10-8-4-1-2-5-9(8)12(10)11;1-2(3)4/h3,5-8,13H,1-2,4H2;1H3,(H,3,4). The van der Waals surface area contributed by atoms with E-state index in [-0.39, 0.29) is 0 Å². The van der Waals surface area contributed by atoms with Crippen LogP contribution in [-0.4, -0.2) is 16.2 Å². The van der Waals surface area contributed by atoms with Crippen LogP contribution in [0.15, 0.2) is 24.3 Å². The second-order valence-corrected chi connectivity index (χ2v) is 4.40. The van der Waals surface area contributed by atoms with Gasteiger partial charge < -0.3 is 10.2 Å². The number of aliphatic carboxylic acids is 1. The molecule has 1 unspecified atom stereocenters. The van der Waals surface area contributed by atoms with Crippen molar-refractivity contribution in [1.82, 2.24) is 0 Å². The maximum absolute atomic E-state index is 9.65. The first-order valence-corrected chi connectivity index (χ1v) is 5.83. The number of carboxylic acids is 1. The minimum Gasteiger partial charge on any atom is -0.507 e. The molecule has 0 heterocycles. The second-order valence-electron chi connectivity index (χ2n) is 4.40. The summed E-state index contributed by atoms with van der Waals surface area (Å²) in [6.45, 7) is 1.08. The molecule has 0 saturated heterocycles. The van der Waals surface area contributed by atoms with Gasteiger partial charge >= 0.3 is 0 Å². The average molecular weight is 232 g/mol. The van der Waals surface area contributed by atoms with E-state index in [4.69, 9.17) is 9.90 Å². The van der Waals surface area contributed by atoms with Crippen LogP contribution in [0.1, 0.15) is 43.2 Å². The molecule has 0 aliphatic heterocycles. The molecule has 3 rings (SSSR count). The van der Waals surface area contributed by atoms with Gasteiger partial charge in [0, 0.05) is 18.4 Å².